The van der Waals surface area contributed by atoms with E-state index in [2.05, 4.69) is 54.5 Å². The van der Waals surface area contributed by atoms with Crippen molar-refractivity contribution < 1.29 is 9.53 Å². The van der Waals surface area contributed by atoms with Gasteiger partial charge >= 0.3 is 0 Å². The molecule has 4 nitrogen and oxygen atoms in total. The van der Waals surface area contributed by atoms with Gasteiger partial charge in [-0.1, -0.05) is 29.8 Å². The van der Waals surface area contributed by atoms with E-state index in [1.165, 1.54) is 22.1 Å². The van der Waals surface area contributed by atoms with E-state index in [0.717, 1.165) is 43.0 Å². The Bertz CT molecular complexity index is 972. The van der Waals surface area contributed by atoms with Crippen LogP contribution in [0.15, 0.2) is 48.7 Å². The average Bonchev–Trinajstić information content (AvgIpc) is 3.18. The molecule has 1 aliphatic heterocycles. The number of hydrogen-bond donors (Lipinski definition) is 1. The number of fused-ring (bicyclic) bond motifs is 1. The van der Waals surface area contributed by atoms with Crippen molar-refractivity contribution in [3.63, 3.8) is 0 Å². The highest BCUT2D eigenvalue weighted by Crippen LogP contribution is 2.34. The molecular weight excluding hydrogens is 380 g/mol. The average molecular weight is 409 g/mol. The molecule has 152 valence electrons. The van der Waals surface area contributed by atoms with Crippen molar-refractivity contribution in [2.75, 3.05) is 26.0 Å². The molecular formula is C24H28N2O2S. The highest BCUT2D eigenvalue weighted by molar-refractivity contribution is 7.99. The molecule has 1 amide bonds. The Morgan fingerprint density at radius 3 is 2.66 bits per heavy atom. The van der Waals surface area contributed by atoms with E-state index in [1.54, 1.807) is 18.9 Å². The maximum Gasteiger partial charge on any atom is 0.232 e. The number of methoxy groups -OCH3 is 1. The third-order valence-corrected chi connectivity index (χ3v) is 6.81. The highest BCUT2D eigenvalue weighted by Gasteiger charge is 2.25. The molecule has 1 aliphatic rings. The van der Waals surface area contributed by atoms with E-state index in [9.17, 15) is 4.79 Å². The second kappa shape index (κ2) is 8.95. The molecule has 1 aromatic heterocycles. The second-order valence-electron chi connectivity index (χ2n) is 7.79. The maximum atomic E-state index is 12.6. The van der Waals surface area contributed by atoms with Crippen LogP contribution in [0.5, 0.6) is 5.75 Å². The molecule has 2 heterocycles. The summed E-state index contributed by atoms with van der Waals surface area (Å²) in [7, 11) is 1.70. The molecule has 29 heavy (non-hydrogen) atoms. The van der Waals surface area contributed by atoms with Crippen LogP contribution < -0.4 is 4.74 Å². The zero-order valence-corrected chi connectivity index (χ0v) is 17.9. The van der Waals surface area contributed by atoms with Crippen LogP contribution in [0.4, 0.5) is 0 Å². The molecule has 5 heteroatoms. The second-order valence-corrected chi connectivity index (χ2v) is 8.77. The normalized spacial score (nSPS) is 15.0. The van der Waals surface area contributed by atoms with Gasteiger partial charge in [-0.3, -0.25) is 4.79 Å². The number of piperidine rings is 1. The highest BCUT2D eigenvalue weighted by atomic mass is 32.2. The van der Waals surface area contributed by atoms with Gasteiger partial charge in [0.25, 0.3) is 0 Å². The fourth-order valence-electron chi connectivity index (χ4n) is 4.06. The Hall–Kier alpha value is -2.40. The maximum absolute atomic E-state index is 12.6. The Morgan fingerprint density at radius 2 is 1.93 bits per heavy atom. The van der Waals surface area contributed by atoms with Crippen molar-refractivity contribution in [3.8, 4) is 5.75 Å². The van der Waals surface area contributed by atoms with Gasteiger partial charge in [0.15, 0.2) is 0 Å². The van der Waals surface area contributed by atoms with Crippen LogP contribution in [0, 0.1) is 6.92 Å². The van der Waals surface area contributed by atoms with Gasteiger partial charge in [-0.05, 0) is 55.0 Å². The van der Waals surface area contributed by atoms with Crippen molar-refractivity contribution >= 4 is 28.6 Å². The predicted molar refractivity (Wildman–Crippen MR) is 121 cm³/mol. The topological polar surface area (TPSA) is 45.3 Å². The fourth-order valence-corrected chi connectivity index (χ4v) is 4.95. The van der Waals surface area contributed by atoms with Crippen LogP contribution in [0.3, 0.4) is 0 Å². The van der Waals surface area contributed by atoms with E-state index in [-0.39, 0.29) is 5.91 Å². The lowest BCUT2D eigenvalue weighted by Gasteiger charge is -2.32. The van der Waals surface area contributed by atoms with E-state index in [4.69, 9.17) is 4.74 Å². The lowest BCUT2D eigenvalue weighted by molar-refractivity contribution is -0.129. The summed E-state index contributed by atoms with van der Waals surface area (Å²) in [6.07, 6.45) is 4.15. The van der Waals surface area contributed by atoms with Crippen LogP contribution in [-0.4, -0.2) is 41.7 Å². The number of aromatic amines is 1. The van der Waals surface area contributed by atoms with E-state index in [0.29, 0.717) is 11.7 Å². The molecule has 0 radical (unpaired) electrons. The summed E-state index contributed by atoms with van der Waals surface area (Å²) < 4.78 is 5.39. The number of ether oxygens (including phenoxy) is 1. The Labute approximate surface area is 176 Å². The number of nitrogens with one attached hydrogen (secondary N) is 1. The lowest BCUT2D eigenvalue weighted by Crippen LogP contribution is -2.38. The third kappa shape index (κ3) is 4.61. The largest absolute Gasteiger partial charge is 0.497 e. The van der Waals surface area contributed by atoms with Crippen molar-refractivity contribution in [1.29, 1.82) is 0 Å². The predicted octanol–water partition coefficient (Wildman–Crippen LogP) is 5.12. The quantitative estimate of drug-likeness (QED) is 0.615. The van der Waals surface area contributed by atoms with Crippen molar-refractivity contribution in [3.05, 3.63) is 65.4 Å². The zero-order chi connectivity index (χ0) is 20.2. The monoisotopic (exact) mass is 408 g/mol. The molecule has 0 unspecified atom stereocenters. The van der Waals surface area contributed by atoms with E-state index < -0.39 is 0 Å². The molecule has 0 aliphatic carbocycles. The van der Waals surface area contributed by atoms with Gasteiger partial charge in [0, 0.05) is 35.9 Å². The number of carbonyl (C=O) groups is 1. The van der Waals surface area contributed by atoms with Crippen molar-refractivity contribution in [1.82, 2.24) is 9.88 Å². The summed E-state index contributed by atoms with van der Waals surface area (Å²) in [5, 5.41) is 1.24. The first-order chi connectivity index (χ1) is 14.1. The van der Waals surface area contributed by atoms with Gasteiger partial charge in [0.2, 0.25) is 5.91 Å². The Balaban J connectivity index is 1.30. The van der Waals surface area contributed by atoms with Gasteiger partial charge < -0.3 is 14.6 Å². The molecule has 0 spiro atoms. The first-order valence-electron chi connectivity index (χ1n) is 10.2. The number of thioether (sulfide) groups is 1. The number of rotatable bonds is 6. The molecule has 4 rings (SSSR count). The van der Waals surface area contributed by atoms with Crippen LogP contribution >= 0.6 is 11.8 Å². The molecule has 1 saturated heterocycles. The molecule has 3 aromatic rings. The Kier molecular flexibility index (Phi) is 6.14. The summed E-state index contributed by atoms with van der Waals surface area (Å²) in [5.41, 5.74) is 5.04. The first kappa shape index (κ1) is 19.9. The number of amides is 1. The van der Waals surface area contributed by atoms with Crippen molar-refractivity contribution in [2.24, 2.45) is 0 Å². The smallest absolute Gasteiger partial charge is 0.232 e. The van der Waals surface area contributed by atoms with Gasteiger partial charge in [-0.15, -0.1) is 11.8 Å². The van der Waals surface area contributed by atoms with Gasteiger partial charge in [0.05, 0.1) is 12.9 Å². The standard InChI is InChI=1S/C24H28N2O2S/c1-17-3-5-18(6-4-17)15-29-16-24(27)26-11-9-19(10-12-26)22-14-25-23-8-7-20(28-2)13-21(22)23/h3-8,13-14,19,25H,9-12,15-16H2,1-2H3. The molecule has 1 fully saturated rings. The number of hydrogen-bond acceptors (Lipinski definition) is 3. The number of nitrogens with zero attached hydrogens (tertiary/aromatic N) is 1. The first-order valence-corrected chi connectivity index (χ1v) is 11.4. The van der Waals surface area contributed by atoms with E-state index >= 15 is 0 Å². The number of likely N-dealkylation sites (tertiary alicyclic amines) is 1. The zero-order valence-electron chi connectivity index (χ0n) is 17.1. The summed E-state index contributed by atoms with van der Waals surface area (Å²) in [6.45, 7) is 3.77. The molecule has 0 saturated carbocycles. The lowest BCUT2D eigenvalue weighted by atomic mass is 9.89. The van der Waals surface area contributed by atoms with Crippen LogP contribution in [0.25, 0.3) is 10.9 Å². The molecule has 2 aromatic carbocycles. The summed E-state index contributed by atoms with van der Waals surface area (Å²) >= 11 is 1.71. The SMILES string of the molecule is COc1ccc2[nH]cc(C3CCN(C(=O)CSCc4ccc(C)cc4)CC3)c2c1. The summed E-state index contributed by atoms with van der Waals surface area (Å²) in [6, 6.07) is 14.7. The summed E-state index contributed by atoms with van der Waals surface area (Å²) in [5.74, 6) is 3.08. The van der Waals surface area contributed by atoms with Gasteiger partial charge in [-0.25, -0.2) is 0 Å². The number of benzene rings is 2. The molecule has 1 N–H and O–H groups in total. The minimum Gasteiger partial charge on any atom is -0.497 e. The van der Waals surface area contributed by atoms with Crippen LogP contribution in [0.1, 0.15) is 35.4 Å². The number of H-pyrrole nitrogens is 1. The molecule has 0 bridgehead atoms. The Morgan fingerprint density at radius 1 is 1.17 bits per heavy atom. The minimum atomic E-state index is 0.265. The molecule has 0 atom stereocenters. The van der Waals surface area contributed by atoms with Crippen LogP contribution in [-0.2, 0) is 10.5 Å². The summed E-state index contributed by atoms with van der Waals surface area (Å²) in [4.78, 5) is 18.0. The van der Waals surface area contributed by atoms with Crippen molar-refractivity contribution in [2.45, 2.75) is 31.4 Å². The fraction of sp³-hybridized carbons (Fsp3) is 0.375. The third-order valence-electron chi connectivity index (χ3n) is 5.82. The van der Waals surface area contributed by atoms with Crippen LogP contribution in [0.2, 0.25) is 0 Å². The van der Waals surface area contributed by atoms with Gasteiger partial charge in [-0.2, -0.15) is 0 Å². The van der Waals surface area contributed by atoms with E-state index in [1.807, 2.05) is 11.0 Å². The number of carbonyl (C=O) groups excluding carboxylic acids is 1. The minimum absolute atomic E-state index is 0.265. The number of aromatic nitrogens is 1. The number of aryl methyl sites for hydroxylation is 1. The van der Waals surface area contributed by atoms with Gasteiger partial charge in [0.1, 0.15) is 5.75 Å².